The summed E-state index contributed by atoms with van der Waals surface area (Å²) in [7, 11) is 0. The zero-order valence-electron chi connectivity index (χ0n) is 10.7. The Balaban J connectivity index is 2.81. The van der Waals surface area contributed by atoms with Gasteiger partial charge in [-0.15, -0.1) is 5.10 Å². The van der Waals surface area contributed by atoms with Gasteiger partial charge in [-0.05, 0) is 19.8 Å². The Morgan fingerprint density at radius 1 is 1.41 bits per heavy atom. The number of aromatic carboxylic acids is 1. The fourth-order valence-electron chi connectivity index (χ4n) is 1.58. The Morgan fingerprint density at radius 3 is 2.53 bits per heavy atom. The maximum Gasteiger partial charge on any atom is 0.358 e. The maximum absolute atomic E-state index is 11.0. The molecule has 0 aliphatic rings. The number of nitrogens with zero attached hydrogens (tertiary/aromatic N) is 3. The number of carboxylic acid groups (broad SMARTS) is 1. The molecule has 6 heteroatoms. The molecule has 1 aromatic heterocycles. The van der Waals surface area contributed by atoms with Crippen molar-refractivity contribution in [3.63, 3.8) is 0 Å². The quantitative estimate of drug-likeness (QED) is 0.817. The van der Waals surface area contributed by atoms with E-state index in [0.29, 0.717) is 18.8 Å². The van der Waals surface area contributed by atoms with Crippen LogP contribution in [0.15, 0.2) is 0 Å². The van der Waals surface area contributed by atoms with Crippen molar-refractivity contribution in [3.05, 3.63) is 11.4 Å². The third-order valence-corrected chi connectivity index (χ3v) is 2.28. The monoisotopic (exact) mass is 241 g/mol. The molecule has 0 unspecified atom stereocenters. The minimum Gasteiger partial charge on any atom is -0.476 e. The summed E-state index contributed by atoms with van der Waals surface area (Å²) >= 11 is 0. The third-order valence-electron chi connectivity index (χ3n) is 2.28. The van der Waals surface area contributed by atoms with Gasteiger partial charge in [0.25, 0.3) is 0 Å². The normalized spacial score (nSPS) is 11.4. The van der Waals surface area contributed by atoms with Crippen molar-refractivity contribution in [1.29, 1.82) is 0 Å². The number of carboxylic acids is 1. The zero-order chi connectivity index (χ0) is 13.0. The molecule has 6 nitrogen and oxygen atoms in total. The van der Waals surface area contributed by atoms with Gasteiger partial charge in [0.1, 0.15) is 0 Å². The van der Waals surface area contributed by atoms with E-state index in [9.17, 15) is 4.79 Å². The van der Waals surface area contributed by atoms with Gasteiger partial charge in [-0.1, -0.05) is 19.1 Å². The Bertz CT molecular complexity index is 385. The smallest absolute Gasteiger partial charge is 0.358 e. The van der Waals surface area contributed by atoms with Crippen molar-refractivity contribution >= 4 is 5.97 Å². The predicted molar refractivity (Wildman–Crippen MR) is 62.2 cm³/mol. The van der Waals surface area contributed by atoms with Crippen LogP contribution in [0, 0.1) is 0 Å². The molecule has 0 aliphatic heterocycles. The van der Waals surface area contributed by atoms with Crippen molar-refractivity contribution in [3.8, 4) is 0 Å². The molecule has 1 heterocycles. The first kappa shape index (κ1) is 13.6. The third kappa shape index (κ3) is 3.52. The van der Waals surface area contributed by atoms with Crippen LogP contribution in [0.4, 0.5) is 0 Å². The molecule has 96 valence electrons. The minimum absolute atomic E-state index is 0.0320. The first-order chi connectivity index (χ1) is 7.93. The highest BCUT2D eigenvalue weighted by atomic mass is 16.5. The van der Waals surface area contributed by atoms with Crippen LogP contribution >= 0.6 is 0 Å². The van der Waals surface area contributed by atoms with Crippen molar-refractivity contribution in [2.75, 3.05) is 6.61 Å². The van der Waals surface area contributed by atoms with Gasteiger partial charge in [0.2, 0.25) is 0 Å². The molecule has 0 aromatic carbocycles. The second-order valence-corrected chi connectivity index (χ2v) is 4.43. The predicted octanol–water partition coefficient (Wildman–Crippen LogP) is 1.52. The lowest BCUT2D eigenvalue weighted by molar-refractivity contribution is 0.0680. The summed E-state index contributed by atoms with van der Waals surface area (Å²) in [5.41, 5.74) is 0.675. The summed E-state index contributed by atoms with van der Waals surface area (Å²) in [6.45, 7) is 8.77. The van der Waals surface area contributed by atoms with Gasteiger partial charge in [-0.25, -0.2) is 9.48 Å². The Labute approximate surface area is 101 Å². The molecule has 0 aliphatic carbocycles. The van der Waals surface area contributed by atoms with Crippen molar-refractivity contribution in [2.24, 2.45) is 0 Å². The van der Waals surface area contributed by atoms with Gasteiger partial charge < -0.3 is 9.84 Å². The van der Waals surface area contributed by atoms with Gasteiger partial charge in [-0.3, -0.25) is 0 Å². The molecule has 1 aromatic rings. The van der Waals surface area contributed by atoms with Crippen molar-refractivity contribution in [2.45, 2.75) is 46.3 Å². The van der Waals surface area contributed by atoms with E-state index in [4.69, 9.17) is 9.84 Å². The number of hydrogen-bond donors (Lipinski definition) is 1. The van der Waals surface area contributed by atoms with E-state index in [2.05, 4.69) is 10.3 Å². The van der Waals surface area contributed by atoms with Crippen LogP contribution in [0.3, 0.4) is 0 Å². The highest BCUT2D eigenvalue weighted by Crippen LogP contribution is 2.17. The van der Waals surface area contributed by atoms with Crippen LogP contribution in [0.1, 0.15) is 49.8 Å². The van der Waals surface area contributed by atoms with Gasteiger partial charge in [0, 0.05) is 0 Å². The topological polar surface area (TPSA) is 77.2 Å². The van der Waals surface area contributed by atoms with Crippen LogP contribution in [-0.4, -0.2) is 38.8 Å². The van der Waals surface area contributed by atoms with Crippen molar-refractivity contribution < 1.29 is 14.6 Å². The first-order valence-corrected chi connectivity index (χ1v) is 5.71. The Morgan fingerprint density at radius 2 is 2.06 bits per heavy atom. The van der Waals surface area contributed by atoms with Crippen LogP contribution in [0.5, 0.6) is 0 Å². The highest BCUT2D eigenvalue weighted by Gasteiger charge is 2.21. The number of aromatic nitrogens is 3. The first-order valence-electron chi connectivity index (χ1n) is 5.71. The fraction of sp³-hybridized carbons (Fsp3) is 0.727. The second-order valence-electron chi connectivity index (χ2n) is 4.43. The average molecular weight is 241 g/mol. The highest BCUT2D eigenvalue weighted by molar-refractivity contribution is 5.86. The van der Waals surface area contributed by atoms with Crippen LogP contribution in [0.2, 0.25) is 0 Å². The summed E-state index contributed by atoms with van der Waals surface area (Å²) in [4.78, 5) is 11.0. The molecule has 17 heavy (non-hydrogen) atoms. The number of hydrogen-bond acceptors (Lipinski definition) is 4. The molecule has 0 fully saturated rings. The molecular weight excluding hydrogens is 222 g/mol. The van der Waals surface area contributed by atoms with E-state index < -0.39 is 5.97 Å². The summed E-state index contributed by atoms with van der Waals surface area (Å²) in [6, 6.07) is 0. The lowest BCUT2D eigenvalue weighted by atomic mass is 10.1. The molecule has 0 bridgehead atoms. The molecule has 0 atom stereocenters. The number of rotatable bonds is 6. The standard InChI is InChI=1S/C11H19N3O3/c1-7(2)10-9(11(15)16)12-13-14(10)5-6-17-8(3)4/h7-8H,5-6H2,1-4H3,(H,15,16). The zero-order valence-corrected chi connectivity index (χ0v) is 10.7. The summed E-state index contributed by atoms with van der Waals surface area (Å²) in [5, 5.41) is 16.5. The molecule has 0 saturated carbocycles. The molecule has 0 amide bonds. The summed E-state index contributed by atoms with van der Waals surface area (Å²) < 4.78 is 7.02. The fourth-order valence-corrected chi connectivity index (χ4v) is 1.58. The Hall–Kier alpha value is -1.43. The van der Waals surface area contributed by atoms with Gasteiger partial charge in [-0.2, -0.15) is 0 Å². The maximum atomic E-state index is 11.0. The molecule has 0 radical (unpaired) electrons. The van der Waals surface area contributed by atoms with E-state index >= 15 is 0 Å². The van der Waals surface area contributed by atoms with Crippen LogP contribution in [0.25, 0.3) is 0 Å². The Kier molecular flexibility index (Phi) is 4.62. The molecule has 1 N–H and O–H groups in total. The average Bonchev–Trinajstić information content (AvgIpc) is 2.61. The molecule has 0 saturated heterocycles. The molecule has 1 rings (SSSR count). The van der Waals surface area contributed by atoms with Gasteiger partial charge >= 0.3 is 5.97 Å². The minimum atomic E-state index is -1.04. The second kappa shape index (κ2) is 5.77. The largest absolute Gasteiger partial charge is 0.476 e. The molecular formula is C11H19N3O3. The summed E-state index contributed by atoms with van der Waals surface area (Å²) in [6.07, 6.45) is 0.153. The lowest BCUT2D eigenvalue weighted by Gasteiger charge is -2.11. The lowest BCUT2D eigenvalue weighted by Crippen LogP contribution is -2.15. The van der Waals surface area contributed by atoms with E-state index in [1.165, 1.54) is 0 Å². The summed E-state index contributed by atoms with van der Waals surface area (Å²) in [5.74, 6) is -0.972. The van der Waals surface area contributed by atoms with Gasteiger partial charge in [0.05, 0.1) is 24.9 Å². The van der Waals surface area contributed by atoms with E-state index in [1.807, 2.05) is 27.7 Å². The van der Waals surface area contributed by atoms with E-state index in [1.54, 1.807) is 4.68 Å². The molecule has 0 spiro atoms. The SMILES string of the molecule is CC(C)OCCn1nnc(C(=O)O)c1C(C)C. The van der Waals surface area contributed by atoms with E-state index in [-0.39, 0.29) is 17.7 Å². The van der Waals surface area contributed by atoms with E-state index in [0.717, 1.165) is 0 Å². The number of ether oxygens (including phenoxy) is 1. The van der Waals surface area contributed by atoms with Crippen LogP contribution in [-0.2, 0) is 11.3 Å². The van der Waals surface area contributed by atoms with Crippen molar-refractivity contribution in [1.82, 2.24) is 15.0 Å². The van der Waals surface area contributed by atoms with Crippen LogP contribution < -0.4 is 0 Å². The number of carbonyl (C=O) groups is 1. The van der Waals surface area contributed by atoms with Gasteiger partial charge in [0.15, 0.2) is 5.69 Å².